The summed E-state index contributed by atoms with van der Waals surface area (Å²) < 4.78 is 0. The summed E-state index contributed by atoms with van der Waals surface area (Å²) in [5.41, 5.74) is 5.37. The number of nitrogens with two attached hydrogens (primary N) is 1. The average Bonchev–Trinajstić information content (AvgIpc) is 2.15. The Labute approximate surface area is 84.1 Å². The number of hydrogen-bond acceptors (Lipinski definition) is 3. The Balaban J connectivity index is 2.60. The molecule has 0 aliphatic heterocycles. The van der Waals surface area contributed by atoms with E-state index in [0.717, 1.165) is 25.7 Å². The highest BCUT2D eigenvalue weighted by Crippen LogP contribution is 2.32. The van der Waals surface area contributed by atoms with Gasteiger partial charge in [0, 0.05) is 0 Å². The number of aliphatic hydroxyl groups is 1. The Bertz CT molecular complexity index is 196. The van der Waals surface area contributed by atoms with E-state index in [1.807, 2.05) is 0 Å². The molecular weight excluding hydrogens is 182 g/mol. The lowest BCUT2D eigenvalue weighted by Crippen LogP contribution is -2.36. The van der Waals surface area contributed by atoms with Crippen LogP contribution < -0.4 is 5.73 Å². The summed E-state index contributed by atoms with van der Waals surface area (Å²) in [7, 11) is 0. The van der Waals surface area contributed by atoms with Crippen molar-refractivity contribution < 1.29 is 15.0 Å². The van der Waals surface area contributed by atoms with Gasteiger partial charge in [-0.2, -0.15) is 0 Å². The quantitative estimate of drug-likeness (QED) is 0.621. The summed E-state index contributed by atoms with van der Waals surface area (Å²) >= 11 is 0. The van der Waals surface area contributed by atoms with Gasteiger partial charge in [-0.3, -0.25) is 4.79 Å². The molecule has 1 aliphatic carbocycles. The van der Waals surface area contributed by atoms with E-state index in [1.54, 1.807) is 0 Å². The molecule has 0 aromatic carbocycles. The van der Waals surface area contributed by atoms with Crippen LogP contribution in [0.3, 0.4) is 0 Å². The van der Waals surface area contributed by atoms with Crippen LogP contribution in [-0.2, 0) is 4.79 Å². The summed E-state index contributed by atoms with van der Waals surface area (Å²) in [5.74, 6) is -1.37. The molecule has 4 heteroatoms. The lowest BCUT2D eigenvalue weighted by Gasteiger charge is -2.31. The molecule has 0 amide bonds. The molecule has 1 saturated carbocycles. The van der Waals surface area contributed by atoms with Gasteiger partial charge in [0.2, 0.25) is 0 Å². The fraction of sp³-hybridized carbons (Fsp3) is 0.900. The van der Waals surface area contributed by atoms with E-state index in [1.165, 1.54) is 0 Å². The highest BCUT2D eigenvalue weighted by Gasteiger charge is 2.34. The molecule has 0 radical (unpaired) electrons. The summed E-state index contributed by atoms with van der Waals surface area (Å²) in [6.45, 7) is 0.375. The molecule has 4 N–H and O–H groups in total. The molecule has 14 heavy (non-hydrogen) atoms. The molecule has 1 aliphatic rings. The maximum absolute atomic E-state index is 11.0. The van der Waals surface area contributed by atoms with Crippen molar-refractivity contribution in [1.82, 2.24) is 0 Å². The van der Waals surface area contributed by atoms with Crippen LogP contribution in [0.5, 0.6) is 0 Å². The Kier molecular flexibility index (Phi) is 4.35. The predicted octanol–water partition coefficient (Wildman–Crippen LogP) is 0.587. The second-order valence-corrected chi connectivity index (χ2v) is 4.04. The van der Waals surface area contributed by atoms with Crippen molar-refractivity contribution in [3.05, 3.63) is 0 Å². The van der Waals surface area contributed by atoms with Gasteiger partial charge in [-0.15, -0.1) is 0 Å². The Morgan fingerprint density at radius 2 is 2.07 bits per heavy atom. The number of hydrogen-bond donors (Lipinski definition) is 3. The van der Waals surface area contributed by atoms with Crippen LogP contribution in [0.4, 0.5) is 0 Å². The third-order valence-corrected chi connectivity index (χ3v) is 3.09. The zero-order valence-corrected chi connectivity index (χ0v) is 8.35. The van der Waals surface area contributed by atoms with Gasteiger partial charge in [0.1, 0.15) is 0 Å². The molecule has 0 spiro atoms. The van der Waals surface area contributed by atoms with Gasteiger partial charge in [-0.1, -0.05) is 12.8 Å². The third kappa shape index (κ3) is 2.69. The van der Waals surface area contributed by atoms with Crippen LogP contribution in [0.15, 0.2) is 0 Å². The highest BCUT2D eigenvalue weighted by atomic mass is 16.4. The van der Waals surface area contributed by atoms with Crippen LogP contribution >= 0.6 is 0 Å². The molecule has 1 fully saturated rings. The first-order chi connectivity index (χ1) is 6.66. The predicted molar refractivity (Wildman–Crippen MR) is 52.8 cm³/mol. The maximum atomic E-state index is 11.0. The lowest BCUT2D eigenvalue weighted by atomic mass is 9.76. The maximum Gasteiger partial charge on any atom is 0.306 e. The first-order valence-electron chi connectivity index (χ1n) is 5.27. The average molecular weight is 201 g/mol. The van der Waals surface area contributed by atoms with Crippen LogP contribution in [0, 0.1) is 11.8 Å². The highest BCUT2D eigenvalue weighted by molar-refractivity contribution is 5.70. The van der Waals surface area contributed by atoms with E-state index in [-0.39, 0.29) is 5.92 Å². The van der Waals surface area contributed by atoms with Gasteiger partial charge < -0.3 is 15.9 Å². The van der Waals surface area contributed by atoms with Crippen LogP contribution in [0.1, 0.15) is 32.1 Å². The van der Waals surface area contributed by atoms with Crippen molar-refractivity contribution >= 4 is 5.97 Å². The molecule has 4 nitrogen and oxygen atoms in total. The van der Waals surface area contributed by atoms with Crippen LogP contribution in [0.2, 0.25) is 0 Å². The van der Waals surface area contributed by atoms with E-state index in [2.05, 4.69) is 0 Å². The second kappa shape index (κ2) is 5.32. The van der Waals surface area contributed by atoms with E-state index in [0.29, 0.717) is 13.0 Å². The zero-order chi connectivity index (χ0) is 10.6. The molecule has 3 unspecified atom stereocenters. The van der Waals surface area contributed by atoms with Gasteiger partial charge in [0.05, 0.1) is 12.0 Å². The van der Waals surface area contributed by atoms with Crippen molar-refractivity contribution in [1.29, 1.82) is 0 Å². The number of carbonyl (C=O) groups is 1. The minimum absolute atomic E-state index is 0.0928. The lowest BCUT2D eigenvalue weighted by molar-refractivity contribution is -0.146. The smallest absolute Gasteiger partial charge is 0.306 e. The Morgan fingerprint density at radius 1 is 1.43 bits per heavy atom. The number of carboxylic acids is 1. The van der Waals surface area contributed by atoms with Crippen molar-refractivity contribution in [3.8, 4) is 0 Å². The SMILES string of the molecule is NCCC(C(=O)O)C1CCCCC1O. The topological polar surface area (TPSA) is 83.6 Å². The summed E-state index contributed by atoms with van der Waals surface area (Å²) in [4.78, 5) is 11.0. The van der Waals surface area contributed by atoms with E-state index >= 15 is 0 Å². The third-order valence-electron chi connectivity index (χ3n) is 3.09. The van der Waals surface area contributed by atoms with Gasteiger partial charge in [-0.25, -0.2) is 0 Å². The van der Waals surface area contributed by atoms with Gasteiger partial charge >= 0.3 is 5.97 Å². The van der Waals surface area contributed by atoms with Gasteiger partial charge in [0.25, 0.3) is 0 Å². The van der Waals surface area contributed by atoms with E-state index < -0.39 is 18.0 Å². The molecule has 82 valence electrons. The number of carboxylic acid groups (broad SMARTS) is 1. The largest absolute Gasteiger partial charge is 0.481 e. The molecule has 0 aromatic rings. The molecule has 0 heterocycles. The van der Waals surface area contributed by atoms with Crippen molar-refractivity contribution in [2.45, 2.75) is 38.2 Å². The molecular formula is C10H19NO3. The normalized spacial score (nSPS) is 29.9. The second-order valence-electron chi connectivity index (χ2n) is 4.04. The van der Waals surface area contributed by atoms with Crippen molar-refractivity contribution in [3.63, 3.8) is 0 Å². The van der Waals surface area contributed by atoms with Crippen molar-refractivity contribution in [2.24, 2.45) is 17.6 Å². The molecule has 3 atom stereocenters. The standard InChI is InChI=1S/C10H19NO3/c11-6-5-8(10(13)14)7-3-1-2-4-9(7)12/h7-9,12H,1-6,11H2,(H,13,14). The summed E-state index contributed by atoms with van der Waals surface area (Å²) in [5, 5.41) is 18.7. The summed E-state index contributed by atoms with van der Waals surface area (Å²) in [6, 6.07) is 0. The summed E-state index contributed by atoms with van der Waals surface area (Å²) in [6.07, 6.45) is 3.60. The first-order valence-corrected chi connectivity index (χ1v) is 5.27. The minimum Gasteiger partial charge on any atom is -0.481 e. The Hall–Kier alpha value is -0.610. The van der Waals surface area contributed by atoms with Crippen LogP contribution in [-0.4, -0.2) is 28.8 Å². The molecule has 0 saturated heterocycles. The van der Waals surface area contributed by atoms with Gasteiger partial charge in [-0.05, 0) is 31.7 Å². The number of aliphatic carboxylic acids is 1. The number of rotatable bonds is 4. The number of aliphatic hydroxyl groups excluding tert-OH is 1. The van der Waals surface area contributed by atoms with Gasteiger partial charge in [0.15, 0.2) is 0 Å². The molecule has 0 bridgehead atoms. The first kappa shape index (κ1) is 11.5. The molecule has 1 rings (SSSR count). The monoisotopic (exact) mass is 201 g/mol. The minimum atomic E-state index is -0.818. The van der Waals surface area contributed by atoms with Crippen LogP contribution in [0.25, 0.3) is 0 Å². The fourth-order valence-electron chi connectivity index (χ4n) is 2.31. The molecule has 0 aromatic heterocycles. The zero-order valence-electron chi connectivity index (χ0n) is 8.35. The fourth-order valence-corrected chi connectivity index (χ4v) is 2.31. The Morgan fingerprint density at radius 3 is 2.57 bits per heavy atom. The van der Waals surface area contributed by atoms with E-state index in [4.69, 9.17) is 10.8 Å². The van der Waals surface area contributed by atoms with E-state index in [9.17, 15) is 9.90 Å². The van der Waals surface area contributed by atoms with Crippen molar-refractivity contribution in [2.75, 3.05) is 6.54 Å².